The summed E-state index contributed by atoms with van der Waals surface area (Å²) in [5, 5.41) is 3.81. The van der Waals surface area contributed by atoms with Crippen molar-refractivity contribution in [3.05, 3.63) is 35.4 Å². The van der Waals surface area contributed by atoms with Crippen LogP contribution in [-0.2, 0) is 6.54 Å². The molecule has 0 radical (unpaired) electrons. The molecule has 1 aliphatic rings. The van der Waals surface area contributed by atoms with Gasteiger partial charge in [0.2, 0.25) is 0 Å². The normalized spacial score (nSPS) is 14.2. The SMILES string of the molecule is C=C(Cl)CNCc1ccc2c(c1)OCCCO2. The van der Waals surface area contributed by atoms with Gasteiger partial charge in [0.05, 0.1) is 13.2 Å². The fourth-order valence-electron chi connectivity index (χ4n) is 1.66. The van der Waals surface area contributed by atoms with Gasteiger partial charge in [-0.15, -0.1) is 0 Å². The second-order valence-electron chi connectivity index (χ2n) is 3.95. The highest BCUT2D eigenvalue weighted by Crippen LogP contribution is 2.30. The summed E-state index contributed by atoms with van der Waals surface area (Å²) in [6.45, 7) is 6.40. The van der Waals surface area contributed by atoms with Crippen molar-refractivity contribution >= 4 is 11.6 Å². The minimum atomic E-state index is 0.607. The van der Waals surface area contributed by atoms with Gasteiger partial charge in [0, 0.05) is 24.5 Å². The van der Waals surface area contributed by atoms with Gasteiger partial charge in [0.25, 0.3) is 0 Å². The summed E-state index contributed by atoms with van der Waals surface area (Å²) in [4.78, 5) is 0. The lowest BCUT2D eigenvalue weighted by Gasteiger charge is -2.09. The predicted molar refractivity (Wildman–Crippen MR) is 68.7 cm³/mol. The number of fused-ring (bicyclic) bond motifs is 1. The Kier molecular flexibility index (Phi) is 4.29. The number of rotatable bonds is 4. The van der Waals surface area contributed by atoms with Crippen molar-refractivity contribution in [3.63, 3.8) is 0 Å². The van der Waals surface area contributed by atoms with Crippen molar-refractivity contribution in [2.45, 2.75) is 13.0 Å². The first kappa shape index (κ1) is 12.3. The second kappa shape index (κ2) is 5.94. The van der Waals surface area contributed by atoms with Crippen LogP contribution in [0.4, 0.5) is 0 Å². The van der Waals surface area contributed by atoms with E-state index in [9.17, 15) is 0 Å². The summed E-state index contributed by atoms with van der Waals surface area (Å²) >= 11 is 5.68. The molecular formula is C13H16ClNO2. The average Bonchev–Trinajstić information content (AvgIpc) is 2.53. The molecule has 0 aromatic heterocycles. The zero-order valence-corrected chi connectivity index (χ0v) is 10.4. The maximum atomic E-state index is 5.68. The van der Waals surface area contributed by atoms with Crippen molar-refractivity contribution in [2.75, 3.05) is 19.8 Å². The highest BCUT2D eigenvalue weighted by molar-refractivity contribution is 6.29. The highest BCUT2D eigenvalue weighted by Gasteiger charge is 2.10. The van der Waals surface area contributed by atoms with E-state index < -0.39 is 0 Å². The van der Waals surface area contributed by atoms with Crippen LogP contribution in [0.25, 0.3) is 0 Å². The van der Waals surface area contributed by atoms with Gasteiger partial charge < -0.3 is 14.8 Å². The summed E-state index contributed by atoms with van der Waals surface area (Å²) in [6.07, 6.45) is 0.925. The Labute approximate surface area is 106 Å². The Hall–Kier alpha value is -1.19. The van der Waals surface area contributed by atoms with E-state index in [0.29, 0.717) is 18.2 Å². The zero-order chi connectivity index (χ0) is 12.1. The van der Waals surface area contributed by atoms with E-state index in [1.807, 2.05) is 18.2 Å². The van der Waals surface area contributed by atoms with Crippen LogP contribution in [-0.4, -0.2) is 19.8 Å². The molecule has 1 aromatic carbocycles. The van der Waals surface area contributed by atoms with Gasteiger partial charge in [0.15, 0.2) is 11.5 Å². The fraction of sp³-hybridized carbons (Fsp3) is 0.385. The van der Waals surface area contributed by atoms with Crippen LogP contribution in [0.15, 0.2) is 29.8 Å². The zero-order valence-electron chi connectivity index (χ0n) is 9.67. The molecule has 0 amide bonds. The Morgan fingerprint density at radius 3 is 2.82 bits per heavy atom. The summed E-state index contributed by atoms with van der Waals surface area (Å²) in [6, 6.07) is 5.98. The quantitative estimate of drug-likeness (QED) is 0.895. The first-order chi connectivity index (χ1) is 8.25. The molecule has 3 nitrogen and oxygen atoms in total. The minimum Gasteiger partial charge on any atom is -0.490 e. The molecule has 2 rings (SSSR count). The largest absolute Gasteiger partial charge is 0.490 e. The van der Waals surface area contributed by atoms with E-state index in [2.05, 4.69) is 11.9 Å². The second-order valence-corrected chi connectivity index (χ2v) is 4.49. The summed E-state index contributed by atoms with van der Waals surface area (Å²) in [5.74, 6) is 1.65. The Bertz CT molecular complexity index is 406. The van der Waals surface area contributed by atoms with Crippen LogP contribution in [0, 0.1) is 0 Å². The number of hydrogen-bond acceptors (Lipinski definition) is 3. The smallest absolute Gasteiger partial charge is 0.161 e. The molecule has 92 valence electrons. The topological polar surface area (TPSA) is 30.5 Å². The molecule has 0 aliphatic carbocycles. The maximum Gasteiger partial charge on any atom is 0.161 e. The molecule has 0 fully saturated rings. The molecule has 1 aliphatic heterocycles. The van der Waals surface area contributed by atoms with E-state index in [4.69, 9.17) is 21.1 Å². The van der Waals surface area contributed by atoms with E-state index in [-0.39, 0.29) is 0 Å². The van der Waals surface area contributed by atoms with Crippen molar-refractivity contribution in [1.29, 1.82) is 0 Å². The fourth-order valence-corrected chi connectivity index (χ4v) is 1.75. The lowest BCUT2D eigenvalue weighted by molar-refractivity contribution is 0.297. The van der Waals surface area contributed by atoms with Crippen molar-refractivity contribution < 1.29 is 9.47 Å². The standard InChI is InChI=1S/C13H16ClNO2/c1-10(14)8-15-9-11-3-4-12-13(7-11)17-6-2-5-16-12/h3-4,7,15H,1-2,5-6,8-9H2. The van der Waals surface area contributed by atoms with Crippen LogP contribution >= 0.6 is 11.6 Å². The highest BCUT2D eigenvalue weighted by atomic mass is 35.5. The molecule has 1 heterocycles. The van der Waals surface area contributed by atoms with Gasteiger partial charge in [0.1, 0.15) is 0 Å². The van der Waals surface area contributed by atoms with Crippen LogP contribution < -0.4 is 14.8 Å². The lowest BCUT2D eigenvalue weighted by Crippen LogP contribution is -2.14. The predicted octanol–water partition coefficient (Wildman–Crippen LogP) is 2.69. The van der Waals surface area contributed by atoms with Gasteiger partial charge in [-0.1, -0.05) is 24.2 Å². The molecule has 4 heteroatoms. The van der Waals surface area contributed by atoms with Gasteiger partial charge in [-0.05, 0) is 17.7 Å². The monoisotopic (exact) mass is 253 g/mol. The minimum absolute atomic E-state index is 0.607. The van der Waals surface area contributed by atoms with Gasteiger partial charge in [-0.3, -0.25) is 0 Å². The third-order valence-electron chi connectivity index (χ3n) is 2.46. The molecule has 1 N–H and O–H groups in total. The lowest BCUT2D eigenvalue weighted by atomic mass is 10.2. The molecule has 0 unspecified atom stereocenters. The molecule has 0 atom stereocenters. The first-order valence-electron chi connectivity index (χ1n) is 5.68. The van der Waals surface area contributed by atoms with Crippen LogP contribution in [0.2, 0.25) is 0 Å². The Balaban J connectivity index is 1.99. The summed E-state index contributed by atoms with van der Waals surface area (Å²) in [5.41, 5.74) is 1.15. The van der Waals surface area contributed by atoms with Gasteiger partial charge in [-0.25, -0.2) is 0 Å². The Morgan fingerprint density at radius 2 is 2.06 bits per heavy atom. The third-order valence-corrected chi connectivity index (χ3v) is 2.59. The third kappa shape index (κ3) is 3.65. The molecule has 0 saturated carbocycles. The first-order valence-corrected chi connectivity index (χ1v) is 6.06. The molecule has 1 aromatic rings. The van der Waals surface area contributed by atoms with E-state index in [0.717, 1.165) is 36.6 Å². The number of hydrogen-bond donors (Lipinski definition) is 1. The maximum absolute atomic E-state index is 5.68. The van der Waals surface area contributed by atoms with Crippen LogP contribution in [0.5, 0.6) is 11.5 Å². The van der Waals surface area contributed by atoms with Crippen molar-refractivity contribution in [2.24, 2.45) is 0 Å². The van der Waals surface area contributed by atoms with Crippen LogP contribution in [0.1, 0.15) is 12.0 Å². The average molecular weight is 254 g/mol. The van der Waals surface area contributed by atoms with Gasteiger partial charge in [-0.2, -0.15) is 0 Å². The molecular weight excluding hydrogens is 238 g/mol. The van der Waals surface area contributed by atoms with E-state index >= 15 is 0 Å². The van der Waals surface area contributed by atoms with Crippen molar-refractivity contribution in [1.82, 2.24) is 5.32 Å². The number of benzene rings is 1. The molecule has 0 saturated heterocycles. The van der Waals surface area contributed by atoms with Crippen molar-refractivity contribution in [3.8, 4) is 11.5 Å². The Morgan fingerprint density at radius 1 is 1.29 bits per heavy atom. The van der Waals surface area contributed by atoms with Gasteiger partial charge >= 0.3 is 0 Å². The molecule has 17 heavy (non-hydrogen) atoms. The molecule has 0 bridgehead atoms. The van der Waals surface area contributed by atoms with Crippen LogP contribution in [0.3, 0.4) is 0 Å². The molecule has 0 spiro atoms. The number of nitrogens with one attached hydrogen (secondary N) is 1. The number of halogens is 1. The summed E-state index contributed by atoms with van der Waals surface area (Å²) < 4.78 is 11.2. The van der Waals surface area contributed by atoms with E-state index in [1.54, 1.807) is 0 Å². The summed E-state index contributed by atoms with van der Waals surface area (Å²) in [7, 11) is 0. The van der Waals surface area contributed by atoms with E-state index in [1.165, 1.54) is 0 Å². The number of ether oxygens (including phenoxy) is 2.